The minimum absolute atomic E-state index is 0.124. The second kappa shape index (κ2) is 5.14. The highest BCUT2D eigenvalue weighted by Gasteiger charge is 2.19. The molecule has 0 atom stereocenters. The molecule has 19 heavy (non-hydrogen) atoms. The van der Waals surface area contributed by atoms with Gasteiger partial charge in [-0.25, -0.2) is 0 Å². The van der Waals surface area contributed by atoms with Gasteiger partial charge in [-0.1, -0.05) is 24.3 Å². The van der Waals surface area contributed by atoms with Crippen molar-refractivity contribution in [2.75, 3.05) is 12.8 Å². The zero-order chi connectivity index (χ0) is 14.0. The van der Waals surface area contributed by atoms with Crippen molar-refractivity contribution in [3.05, 3.63) is 47.3 Å². The lowest BCUT2D eigenvalue weighted by Gasteiger charge is -2.18. The van der Waals surface area contributed by atoms with E-state index in [9.17, 15) is 4.79 Å². The highest BCUT2D eigenvalue weighted by atomic mass is 16.2. The van der Waals surface area contributed by atoms with Gasteiger partial charge in [-0.3, -0.25) is 9.48 Å². The Kier molecular flexibility index (Phi) is 3.55. The molecular weight excluding hydrogens is 240 g/mol. The molecule has 0 saturated carbocycles. The number of rotatable bonds is 3. The van der Waals surface area contributed by atoms with Crippen LogP contribution in [0.1, 0.15) is 21.6 Å². The first-order valence-electron chi connectivity index (χ1n) is 6.08. The van der Waals surface area contributed by atoms with E-state index in [1.54, 1.807) is 19.0 Å². The predicted molar refractivity (Wildman–Crippen MR) is 74.6 cm³/mol. The van der Waals surface area contributed by atoms with Crippen LogP contribution in [0.25, 0.3) is 0 Å². The monoisotopic (exact) mass is 258 g/mol. The Labute approximate surface area is 112 Å². The summed E-state index contributed by atoms with van der Waals surface area (Å²) in [4.78, 5) is 14.0. The number of nitrogens with two attached hydrogens (primary N) is 1. The number of benzene rings is 1. The average molecular weight is 258 g/mol. The van der Waals surface area contributed by atoms with Crippen molar-refractivity contribution in [3.8, 4) is 0 Å². The smallest absolute Gasteiger partial charge is 0.274 e. The van der Waals surface area contributed by atoms with E-state index in [1.165, 1.54) is 16.4 Å². The lowest BCUT2D eigenvalue weighted by atomic mass is 10.1. The summed E-state index contributed by atoms with van der Waals surface area (Å²) in [6.07, 6.45) is 1.49. The van der Waals surface area contributed by atoms with Gasteiger partial charge in [0.1, 0.15) is 5.69 Å². The maximum atomic E-state index is 12.3. The molecule has 0 fully saturated rings. The van der Waals surface area contributed by atoms with Gasteiger partial charge in [-0.05, 0) is 18.1 Å². The summed E-state index contributed by atoms with van der Waals surface area (Å²) >= 11 is 0. The van der Waals surface area contributed by atoms with Gasteiger partial charge in [0.05, 0.1) is 11.9 Å². The van der Waals surface area contributed by atoms with Crippen molar-refractivity contribution >= 4 is 11.6 Å². The molecule has 2 rings (SSSR count). The van der Waals surface area contributed by atoms with E-state index < -0.39 is 0 Å². The fourth-order valence-corrected chi connectivity index (χ4v) is 2.01. The van der Waals surface area contributed by atoms with Crippen LogP contribution in [0.4, 0.5) is 5.69 Å². The first-order chi connectivity index (χ1) is 9.00. The van der Waals surface area contributed by atoms with Crippen molar-refractivity contribution < 1.29 is 4.79 Å². The molecule has 0 aliphatic heterocycles. The molecule has 100 valence electrons. The summed E-state index contributed by atoms with van der Waals surface area (Å²) in [5, 5.41) is 3.99. The van der Waals surface area contributed by atoms with Crippen LogP contribution in [0.15, 0.2) is 30.5 Å². The largest absolute Gasteiger partial charge is 0.396 e. The predicted octanol–water partition coefficient (Wildman–Crippen LogP) is 1.58. The third-order valence-electron chi connectivity index (χ3n) is 3.19. The highest BCUT2D eigenvalue weighted by Crippen LogP contribution is 2.15. The van der Waals surface area contributed by atoms with Gasteiger partial charge in [0.2, 0.25) is 0 Å². The number of nitrogen functional groups attached to an aromatic ring is 1. The number of amides is 1. The van der Waals surface area contributed by atoms with Gasteiger partial charge < -0.3 is 10.6 Å². The number of aryl methyl sites for hydroxylation is 2. The molecule has 0 spiro atoms. The van der Waals surface area contributed by atoms with Gasteiger partial charge in [0.25, 0.3) is 5.91 Å². The first kappa shape index (κ1) is 13.1. The molecule has 0 bridgehead atoms. The molecule has 2 N–H and O–H groups in total. The van der Waals surface area contributed by atoms with Crippen molar-refractivity contribution in [2.45, 2.75) is 13.5 Å². The molecule has 2 aromatic rings. The van der Waals surface area contributed by atoms with Gasteiger partial charge >= 0.3 is 0 Å². The Balaban J connectivity index is 2.19. The second-order valence-electron chi connectivity index (χ2n) is 4.66. The van der Waals surface area contributed by atoms with E-state index in [4.69, 9.17) is 5.73 Å². The van der Waals surface area contributed by atoms with Crippen molar-refractivity contribution in [1.82, 2.24) is 14.7 Å². The van der Waals surface area contributed by atoms with Gasteiger partial charge in [-0.2, -0.15) is 5.10 Å². The van der Waals surface area contributed by atoms with Crippen LogP contribution < -0.4 is 5.73 Å². The summed E-state index contributed by atoms with van der Waals surface area (Å²) < 4.78 is 1.51. The standard InChI is InChI=1S/C14H18N4O/c1-10-6-4-5-7-11(10)9-17(2)14(19)13-12(15)8-16-18(13)3/h4-8H,9,15H2,1-3H3. The quantitative estimate of drug-likeness (QED) is 0.909. The first-order valence-corrected chi connectivity index (χ1v) is 6.08. The molecule has 0 aliphatic rings. The molecule has 0 saturated heterocycles. The fraction of sp³-hybridized carbons (Fsp3) is 0.286. The highest BCUT2D eigenvalue weighted by molar-refractivity contribution is 5.97. The molecule has 1 aromatic heterocycles. The zero-order valence-corrected chi connectivity index (χ0v) is 11.4. The Hall–Kier alpha value is -2.30. The van der Waals surface area contributed by atoms with E-state index in [-0.39, 0.29) is 5.91 Å². The van der Waals surface area contributed by atoms with Gasteiger partial charge in [0.15, 0.2) is 0 Å². The summed E-state index contributed by atoms with van der Waals surface area (Å²) in [6, 6.07) is 8.01. The van der Waals surface area contributed by atoms with Gasteiger partial charge in [-0.15, -0.1) is 0 Å². The SMILES string of the molecule is Cc1ccccc1CN(C)C(=O)c1c(N)cnn1C. The van der Waals surface area contributed by atoms with Crippen LogP contribution in [-0.2, 0) is 13.6 Å². The number of aromatic nitrogens is 2. The fourth-order valence-electron chi connectivity index (χ4n) is 2.01. The normalized spacial score (nSPS) is 10.5. The molecule has 1 aromatic carbocycles. The van der Waals surface area contributed by atoms with Crippen LogP contribution in [0.3, 0.4) is 0 Å². The Morgan fingerprint density at radius 1 is 1.42 bits per heavy atom. The van der Waals surface area contributed by atoms with E-state index in [1.807, 2.05) is 31.2 Å². The molecule has 1 heterocycles. The summed E-state index contributed by atoms with van der Waals surface area (Å²) in [6.45, 7) is 2.59. The van der Waals surface area contributed by atoms with Crippen LogP contribution in [-0.4, -0.2) is 27.6 Å². The van der Waals surface area contributed by atoms with E-state index in [0.717, 1.165) is 5.56 Å². The Morgan fingerprint density at radius 2 is 2.11 bits per heavy atom. The van der Waals surface area contributed by atoms with E-state index >= 15 is 0 Å². The third-order valence-corrected chi connectivity index (χ3v) is 3.19. The molecule has 5 heteroatoms. The average Bonchev–Trinajstić information content (AvgIpc) is 2.71. The van der Waals surface area contributed by atoms with E-state index in [0.29, 0.717) is 17.9 Å². The van der Waals surface area contributed by atoms with Crippen LogP contribution in [0.2, 0.25) is 0 Å². The third kappa shape index (κ3) is 2.59. The number of carbonyl (C=O) groups excluding carboxylic acids is 1. The van der Waals surface area contributed by atoms with Crippen molar-refractivity contribution in [2.24, 2.45) is 7.05 Å². The second-order valence-corrected chi connectivity index (χ2v) is 4.66. The number of nitrogens with zero attached hydrogens (tertiary/aromatic N) is 3. The lowest BCUT2D eigenvalue weighted by Crippen LogP contribution is -2.29. The summed E-state index contributed by atoms with van der Waals surface area (Å²) in [5.41, 5.74) is 8.90. The minimum Gasteiger partial charge on any atom is -0.396 e. The van der Waals surface area contributed by atoms with E-state index in [2.05, 4.69) is 5.10 Å². The molecule has 0 aliphatic carbocycles. The molecule has 1 amide bonds. The van der Waals surface area contributed by atoms with Crippen LogP contribution >= 0.6 is 0 Å². The Bertz CT molecular complexity index is 584. The molecule has 0 radical (unpaired) electrons. The number of carbonyl (C=O) groups is 1. The summed E-state index contributed by atoms with van der Waals surface area (Å²) in [7, 11) is 3.48. The topological polar surface area (TPSA) is 64.2 Å². The maximum Gasteiger partial charge on any atom is 0.274 e. The van der Waals surface area contributed by atoms with Crippen molar-refractivity contribution in [3.63, 3.8) is 0 Å². The molecular formula is C14H18N4O. The number of hydrogen-bond acceptors (Lipinski definition) is 3. The van der Waals surface area contributed by atoms with Crippen LogP contribution in [0, 0.1) is 6.92 Å². The minimum atomic E-state index is -0.124. The number of anilines is 1. The van der Waals surface area contributed by atoms with Crippen LogP contribution in [0.5, 0.6) is 0 Å². The van der Waals surface area contributed by atoms with Crippen molar-refractivity contribution in [1.29, 1.82) is 0 Å². The Morgan fingerprint density at radius 3 is 2.68 bits per heavy atom. The molecule has 5 nitrogen and oxygen atoms in total. The zero-order valence-electron chi connectivity index (χ0n) is 11.4. The maximum absolute atomic E-state index is 12.3. The summed E-state index contributed by atoms with van der Waals surface area (Å²) in [5.74, 6) is -0.124. The van der Waals surface area contributed by atoms with Gasteiger partial charge in [0, 0.05) is 20.6 Å². The molecule has 0 unspecified atom stereocenters. The number of hydrogen-bond donors (Lipinski definition) is 1. The lowest BCUT2D eigenvalue weighted by molar-refractivity contribution is 0.0775.